The van der Waals surface area contributed by atoms with Gasteiger partial charge in [-0.2, -0.15) is 0 Å². The molecule has 6 heteroatoms. The summed E-state index contributed by atoms with van der Waals surface area (Å²) in [6.07, 6.45) is 0. The van der Waals surface area contributed by atoms with Crippen LogP contribution in [0.3, 0.4) is 0 Å². The monoisotopic (exact) mass is 464 g/mol. The van der Waals surface area contributed by atoms with Gasteiger partial charge >= 0.3 is 0 Å². The molecule has 0 aliphatic carbocycles. The minimum absolute atomic E-state index is 0.0216. The second-order valence-electron chi connectivity index (χ2n) is 9.06. The maximum Gasteiger partial charge on any atom is 0.265 e. The molecule has 3 aromatic carbocycles. The molecular formula is C26H28N2O2S2. The van der Waals surface area contributed by atoms with E-state index in [0.29, 0.717) is 11.7 Å². The second kappa shape index (κ2) is 8.75. The first-order valence-corrected chi connectivity index (χ1v) is 13.0. The summed E-state index contributed by atoms with van der Waals surface area (Å²) in [4.78, 5) is 4.99. The number of sulfonamides is 1. The zero-order chi connectivity index (χ0) is 22.9. The van der Waals surface area contributed by atoms with Crippen LogP contribution in [0.1, 0.15) is 42.7 Å². The van der Waals surface area contributed by atoms with Gasteiger partial charge in [0.05, 0.1) is 22.4 Å². The van der Waals surface area contributed by atoms with E-state index in [0.717, 1.165) is 16.8 Å². The Morgan fingerprint density at radius 1 is 0.906 bits per heavy atom. The Morgan fingerprint density at radius 3 is 2.12 bits per heavy atom. The number of amidine groups is 1. The lowest BCUT2D eigenvalue weighted by Gasteiger charge is -2.20. The van der Waals surface area contributed by atoms with Gasteiger partial charge in [0.1, 0.15) is 0 Å². The Morgan fingerprint density at radius 2 is 1.53 bits per heavy atom. The lowest BCUT2D eigenvalue weighted by molar-refractivity contribution is 0.529. The standard InChI is InChI=1S/C26H28N2O2S2/c1-19-10-16-23(17-11-19)32(29,30)28-18-24(20-12-14-21(15-13-20)26(2,3)4)31-25(28)27-22-8-6-5-7-9-22/h5-17,24H,18H2,1-4H3. The fraction of sp³-hybridized carbons (Fsp3) is 0.269. The summed E-state index contributed by atoms with van der Waals surface area (Å²) < 4.78 is 28.5. The number of thioether (sulfide) groups is 1. The van der Waals surface area contributed by atoms with Gasteiger partial charge in [-0.15, -0.1) is 0 Å². The highest BCUT2D eigenvalue weighted by Gasteiger charge is 2.38. The van der Waals surface area contributed by atoms with Gasteiger partial charge in [0.2, 0.25) is 0 Å². The molecule has 1 atom stereocenters. The van der Waals surface area contributed by atoms with E-state index in [-0.39, 0.29) is 15.6 Å². The van der Waals surface area contributed by atoms with Crippen LogP contribution in [-0.2, 0) is 15.4 Å². The minimum atomic E-state index is -3.72. The maximum atomic E-state index is 13.5. The van der Waals surface area contributed by atoms with Crippen LogP contribution >= 0.6 is 11.8 Å². The summed E-state index contributed by atoms with van der Waals surface area (Å²) >= 11 is 1.50. The van der Waals surface area contributed by atoms with Crippen molar-refractivity contribution >= 4 is 32.6 Å². The van der Waals surface area contributed by atoms with E-state index in [4.69, 9.17) is 4.99 Å². The number of rotatable bonds is 4. The molecule has 0 radical (unpaired) electrons. The van der Waals surface area contributed by atoms with E-state index in [1.807, 2.05) is 49.4 Å². The fourth-order valence-electron chi connectivity index (χ4n) is 3.56. The summed E-state index contributed by atoms with van der Waals surface area (Å²) in [5.74, 6) is 0. The van der Waals surface area contributed by atoms with E-state index < -0.39 is 10.0 Å². The van der Waals surface area contributed by atoms with Crippen LogP contribution in [0.15, 0.2) is 88.8 Å². The van der Waals surface area contributed by atoms with E-state index in [2.05, 4.69) is 45.0 Å². The largest absolute Gasteiger partial charge is 0.265 e. The summed E-state index contributed by atoms with van der Waals surface area (Å²) in [5, 5.41) is 0.480. The lowest BCUT2D eigenvalue weighted by atomic mass is 9.86. The zero-order valence-electron chi connectivity index (χ0n) is 18.8. The van der Waals surface area contributed by atoms with Crippen molar-refractivity contribution in [1.82, 2.24) is 4.31 Å². The molecular weight excluding hydrogens is 436 g/mol. The zero-order valence-corrected chi connectivity index (χ0v) is 20.5. The quantitative estimate of drug-likeness (QED) is 0.445. The van der Waals surface area contributed by atoms with Crippen LogP contribution in [0.4, 0.5) is 5.69 Å². The van der Waals surface area contributed by atoms with Gasteiger partial charge in [-0.25, -0.2) is 17.7 Å². The Labute approximate surface area is 195 Å². The van der Waals surface area contributed by atoms with Gasteiger partial charge in [-0.1, -0.05) is 92.7 Å². The van der Waals surface area contributed by atoms with Crippen LogP contribution in [0.5, 0.6) is 0 Å². The van der Waals surface area contributed by atoms with E-state index in [1.165, 1.54) is 21.6 Å². The molecule has 1 fully saturated rings. The first-order valence-electron chi connectivity index (χ1n) is 10.6. The third-order valence-corrected chi connectivity index (χ3v) is 8.65. The third-order valence-electron chi connectivity index (χ3n) is 5.53. The number of para-hydroxylation sites is 1. The minimum Gasteiger partial charge on any atom is -0.243 e. The molecule has 4 nitrogen and oxygen atoms in total. The molecule has 1 aliphatic heterocycles. The highest BCUT2D eigenvalue weighted by Crippen LogP contribution is 2.42. The van der Waals surface area contributed by atoms with Crippen LogP contribution < -0.4 is 0 Å². The van der Waals surface area contributed by atoms with E-state index >= 15 is 0 Å². The Balaban J connectivity index is 1.71. The molecule has 4 rings (SSSR count). The molecule has 3 aromatic rings. The topological polar surface area (TPSA) is 49.7 Å². The Kier molecular flexibility index (Phi) is 6.19. The van der Waals surface area contributed by atoms with Crippen LogP contribution in [0, 0.1) is 6.92 Å². The van der Waals surface area contributed by atoms with Crippen molar-refractivity contribution in [1.29, 1.82) is 0 Å². The average Bonchev–Trinajstić information content (AvgIpc) is 3.19. The number of hydrogen-bond acceptors (Lipinski definition) is 4. The van der Waals surface area contributed by atoms with Crippen molar-refractivity contribution in [3.63, 3.8) is 0 Å². The summed E-state index contributed by atoms with van der Waals surface area (Å²) in [5.41, 5.74) is 4.19. The van der Waals surface area contributed by atoms with Crippen LogP contribution in [-0.4, -0.2) is 24.4 Å². The summed E-state index contributed by atoms with van der Waals surface area (Å²) in [6.45, 7) is 8.86. The van der Waals surface area contributed by atoms with Crippen molar-refractivity contribution < 1.29 is 8.42 Å². The van der Waals surface area contributed by atoms with Gasteiger partial charge in [0, 0.05) is 0 Å². The second-order valence-corrected chi connectivity index (χ2v) is 12.1. The number of nitrogens with zero attached hydrogens (tertiary/aromatic N) is 2. The van der Waals surface area contributed by atoms with E-state index in [9.17, 15) is 8.42 Å². The first kappa shape index (κ1) is 22.6. The molecule has 0 saturated carbocycles. The van der Waals surface area contributed by atoms with E-state index in [1.54, 1.807) is 12.1 Å². The highest BCUT2D eigenvalue weighted by molar-refractivity contribution is 8.15. The predicted molar refractivity (Wildman–Crippen MR) is 134 cm³/mol. The Bertz CT molecular complexity index is 1210. The molecule has 1 unspecified atom stereocenters. The molecule has 32 heavy (non-hydrogen) atoms. The van der Waals surface area contributed by atoms with Crippen LogP contribution in [0.2, 0.25) is 0 Å². The van der Waals surface area contributed by atoms with Crippen molar-refractivity contribution in [3.05, 3.63) is 95.6 Å². The highest BCUT2D eigenvalue weighted by atomic mass is 32.2. The number of benzene rings is 3. The van der Waals surface area contributed by atoms with Gasteiger partial charge in [0.25, 0.3) is 10.0 Å². The molecule has 1 saturated heterocycles. The third kappa shape index (κ3) is 4.76. The fourth-order valence-corrected chi connectivity index (χ4v) is 6.52. The average molecular weight is 465 g/mol. The number of hydrogen-bond donors (Lipinski definition) is 0. The molecule has 1 aliphatic rings. The first-order chi connectivity index (χ1) is 15.1. The normalized spacial score (nSPS) is 18.3. The van der Waals surface area contributed by atoms with Crippen molar-refractivity contribution in [2.45, 2.75) is 43.3 Å². The van der Waals surface area contributed by atoms with Gasteiger partial charge < -0.3 is 0 Å². The van der Waals surface area contributed by atoms with Gasteiger partial charge in [0.15, 0.2) is 5.17 Å². The number of aliphatic imine (C=N–C) groups is 1. The lowest BCUT2D eigenvalue weighted by Crippen LogP contribution is -2.32. The predicted octanol–water partition coefficient (Wildman–Crippen LogP) is 6.46. The summed E-state index contributed by atoms with van der Waals surface area (Å²) in [7, 11) is -3.72. The molecule has 0 spiro atoms. The van der Waals surface area contributed by atoms with Crippen LogP contribution in [0.25, 0.3) is 0 Å². The molecule has 1 heterocycles. The molecule has 0 bridgehead atoms. The number of aryl methyl sites for hydroxylation is 1. The molecule has 0 amide bonds. The smallest absolute Gasteiger partial charge is 0.243 e. The van der Waals surface area contributed by atoms with Gasteiger partial charge in [-0.3, -0.25) is 0 Å². The molecule has 0 aromatic heterocycles. The maximum absolute atomic E-state index is 13.5. The molecule has 0 N–H and O–H groups in total. The molecule has 166 valence electrons. The van der Waals surface area contributed by atoms with Crippen molar-refractivity contribution in [3.8, 4) is 0 Å². The van der Waals surface area contributed by atoms with Crippen molar-refractivity contribution in [2.24, 2.45) is 4.99 Å². The summed E-state index contributed by atoms with van der Waals surface area (Å²) in [6, 6.07) is 25.0. The Hall–Kier alpha value is -2.57. The SMILES string of the molecule is Cc1ccc(S(=O)(=O)N2CC(c3ccc(C(C)(C)C)cc3)SC2=Nc2ccccc2)cc1. The van der Waals surface area contributed by atoms with Crippen molar-refractivity contribution in [2.75, 3.05) is 6.54 Å². The van der Waals surface area contributed by atoms with Gasteiger partial charge in [-0.05, 0) is 47.7 Å².